The Morgan fingerprint density at radius 3 is 3.07 bits per heavy atom. The predicted molar refractivity (Wildman–Crippen MR) is 58.8 cm³/mol. The molecule has 1 N–H and O–H groups in total. The molecule has 0 unspecified atom stereocenters. The molecule has 3 nitrogen and oxygen atoms in total. The van der Waals surface area contributed by atoms with Crippen LogP contribution in [0.1, 0.15) is 5.01 Å². The summed E-state index contributed by atoms with van der Waals surface area (Å²) in [5, 5.41) is 0.968. The lowest BCUT2D eigenvalue weighted by molar-refractivity contribution is 0.129. The molecule has 0 amide bonds. The minimum Gasteiger partial charge on any atom is -0.280 e. The van der Waals surface area contributed by atoms with Crippen LogP contribution in [0.2, 0.25) is 0 Å². The summed E-state index contributed by atoms with van der Waals surface area (Å²) in [4.78, 5) is 9.10. The van der Waals surface area contributed by atoms with Crippen LogP contribution in [-0.2, 0) is 4.84 Å². The molecule has 72 valence electrons. The zero-order valence-electron chi connectivity index (χ0n) is 7.73. The van der Waals surface area contributed by atoms with Gasteiger partial charge in [-0.05, 0) is 18.2 Å². The second-order valence-corrected chi connectivity index (χ2v) is 3.74. The number of aromatic nitrogens is 1. The number of para-hydroxylation sites is 1. The molecule has 2 aromatic rings. The monoisotopic (exact) mass is 206 g/mol. The lowest BCUT2D eigenvalue weighted by Crippen LogP contribution is -1.99. The molecular formula is C10H10N2OS. The molecule has 0 atom stereocenters. The Bertz CT molecular complexity index is 417. The highest BCUT2D eigenvalue weighted by Gasteiger charge is 1.98. The fourth-order valence-electron chi connectivity index (χ4n) is 1.13. The van der Waals surface area contributed by atoms with Crippen molar-refractivity contribution in [1.82, 2.24) is 10.5 Å². The Kier molecular flexibility index (Phi) is 2.76. The molecule has 0 spiro atoms. The SMILES string of the molecule is CONC=Cc1nc2ccccc2s1. The third-order valence-corrected chi connectivity index (χ3v) is 2.72. The molecule has 1 aromatic carbocycles. The predicted octanol–water partition coefficient (Wildman–Crippen LogP) is 2.42. The molecule has 0 saturated heterocycles. The summed E-state index contributed by atoms with van der Waals surface area (Å²) < 4.78 is 1.20. The molecule has 0 aliphatic rings. The van der Waals surface area contributed by atoms with Crippen molar-refractivity contribution in [2.45, 2.75) is 0 Å². The molecule has 0 aliphatic carbocycles. The number of nitrogens with zero attached hydrogens (tertiary/aromatic N) is 1. The van der Waals surface area contributed by atoms with Gasteiger partial charge in [-0.3, -0.25) is 10.3 Å². The van der Waals surface area contributed by atoms with Crippen LogP contribution < -0.4 is 5.48 Å². The first-order chi connectivity index (χ1) is 6.90. The summed E-state index contributed by atoms with van der Waals surface area (Å²) in [5.41, 5.74) is 3.66. The van der Waals surface area contributed by atoms with Crippen LogP contribution in [0.5, 0.6) is 0 Å². The average molecular weight is 206 g/mol. The zero-order chi connectivity index (χ0) is 9.80. The van der Waals surface area contributed by atoms with Gasteiger partial charge in [0, 0.05) is 6.20 Å². The van der Waals surface area contributed by atoms with Gasteiger partial charge in [-0.15, -0.1) is 11.3 Å². The number of thiazole rings is 1. The highest BCUT2D eigenvalue weighted by atomic mass is 32.1. The Labute approximate surface area is 86.0 Å². The van der Waals surface area contributed by atoms with E-state index in [4.69, 9.17) is 0 Å². The van der Waals surface area contributed by atoms with E-state index < -0.39 is 0 Å². The fraction of sp³-hybridized carbons (Fsp3) is 0.100. The smallest absolute Gasteiger partial charge is 0.118 e. The summed E-state index contributed by atoms with van der Waals surface area (Å²) in [6, 6.07) is 8.07. The number of rotatable bonds is 3. The molecule has 1 heterocycles. The van der Waals surface area contributed by atoms with Crippen molar-refractivity contribution < 1.29 is 4.84 Å². The van der Waals surface area contributed by atoms with Crippen LogP contribution in [0.25, 0.3) is 16.3 Å². The fourth-order valence-corrected chi connectivity index (χ4v) is 2.00. The second kappa shape index (κ2) is 4.21. The van der Waals surface area contributed by atoms with Gasteiger partial charge < -0.3 is 0 Å². The number of nitrogens with one attached hydrogen (secondary N) is 1. The standard InChI is InChI=1S/C10H10N2OS/c1-13-11-7-6-10-12-8-4-2-3-5-9(8)14-10/h2-7,11H,1H3. The van der Waals surface area contributed by atoms with Gasteiger partial charge >= 0.3 is 0 Å². The normalized spacial score (nSPS) is 11.2. The molecule has 0 fully saturated rings. The topological polar surface area (TPSA) is 34.1 Å². The quantitative estimate of drug-likeness (QED) is 0.783. The maximum absolute atomic E-state index is 4.68. The van der Waals surface area contributed by atoms with Crippen molar-refractivity contribution in [3.63, 3.8) is 0 Å². The number of hydroxylamine groups is 1. The van der Waals surface area contributed by atoms with E-state index in [1.165, 1.54) is 4.70 Å². The molecule has 2 rings (SSSR count). The zero-order valence-corrected chi connectivity index (χ0v) is 8.54. The van der Waals surface area contributed by atoms with E-state index in [1.54, 1.807) is 24.6 Å². The van der Waals surface area contributed by atoms with E-state index in [0.29, 0.717) is 0 Å². The number of hydrogen-bond donors (Lipinski definition) is 1. The maximum Gasteiger partial charge on any atom is 0.118 e. The van der Waals surface area contributed by atoms with E-state index in [1.807, 2.05) is 24.3 Å². The third kappa shape index (κ3) is 1.92. The van der Waals surface area contributed by atoms with Gasteiger partial charge in [0.1, 0.15) is 5.01 Å². The van der Waals surface area contributed by atoms with Gasteiger partial charge in [0.25, 0.3) is 0 Å². The van der Waals surface area contributed by atoms with Crippen molar-refractivity contribution in [3.05, 3.63) is 35.5 Å². The summed E-state index contributed by atoms with van der Waals surface area (Å²) >= 11 is 1.65. The summed E-state index contributed by atoms with van der Waals surface area (Å²) in [7, 11) is 1.57. The van der Waals surface area contributed by atoms with Crippen molar-refractivity contribution >= 4 is 27.6 Å². The highest BCUT2D eigenvalue weighted by Crippen LogP contribution is 2.21. The molecule has 14 heavy (non-hydrogen) atoms. The second-order valence-electron chi connectivity index (χ2n) is 2.68. The third-order valence-electron chi connectivity index (χ3n) is 1.72. The van der Waals surface area contributed by atoms with Crippen LogP contribution in [0.4, 0.5) is 0 Å². The Morgan fingerprint density at radius 2 is 2.29 bits per heavy atom. The first-order valence-corrected chi connectivity index (χ1v) is 5.02. The lowest BCUT2D eigenvalue weighted by atomic mass is 10.3. The van der Waals surface area contributed by atoms with Gasteiger partial charge in [0.2, 0.25) is 0 Å². The Morgan fingerprint density at radius 1 is 1.43 bits per heavy atom. The van der Waals surface area contributed by atoms with Crippen molar-refractivity contribution in [3.8, 4) is 0 Å². The van der Waals surface area contributed by atoms with E-state index in [-0.39, 0.29) is 0 Å². The van der Waals surface area contributed by atoms with Gasteiger partial charge in [-0.1, -0.05) is 12.1 Å². The van der Waals surface area contributed by atoms with E-state index >= 15 is 0 Å². The van der Waals surface area contributed by atoms with Crippen molar-refractivity contribution in [2.75, 3.05) is 7.11 Å². The maximum atomic E-state index is 4.68. The lowest BCUT2D eigenvalue weighted by Gasteiger charge is -1.89. The van der Waals surface area contributed by atoms with Gasteiger partial charge in [-0.2, -0.15) is 0 Å². The van der Waals surface area contributed by atoms with Crippen LogP contribution in [0, 0.1) is 0 Å². The number of hydrogen-bond acceptors (Lipinski definition) is 4. The van der Waals surface area contributed by atoms with E-state index in [2.05, 4.69) is 21.4 Å². The van der Waals surface area contributed by atoms with Crippen LogP contribution in [0.3, 0.4) is 0 Å². The highest BCUT2D eigenvalue weighted by molar-refractivity contribution is 7.19. The van der Waals surface area contributed by atoms with E-state index in [9.17, 15) is 0 Å². The largest absolute Gasteiger partial charge is 0.280 e. The minimum atomic E-state index is 0.968. The molecule has 0 saturated carbocycles. The number of fused-ring (bicyclic) bond motifs is 1. The molecule has 0 radical (unpaired) electrons. The van der Waals surface area contributed by atoms with Crippen LogP contribution in [-0.4, -0.2) is 12.1 Å². The van der Waals surface area contributed by atoms with Crippen LogP contribution >= 0.6 is 11.3 Å². The number of benzene rings is 1. The molecule has 1 aromatic heterocycles. The summed E-state index contributed by atoms with van der Waals surface area (Å²) in [6.07, 6.45) is 3.60. The van der Waals surface area contributed by atoms with E-state index in [0.717, 1.165) is 10.5 Å². The van der Waals surface area contributed by atoms with Crippen LogP contribution in [0.15, 0.2) is 30.5 Å². The van der Waals surface area contributed by atoms with Crippen molar-refractivity contribution in [1.29, 1.82) is 0 Å². The molecule has 0 bridgehead atoms. The first-order valence-electron chi connectivity index (χ1n) is 4.21. The van der Waals surface area contributed by atoms with Gasteiger partial charge in [0.05, 0.1) is 17.3 Å². The molecule has 0 aliphatic heterocycles. The van der Waals surface area contributed by atoms with Gasteiger partial charge in [0.15, 0.2) is 0 Å². The minimum absolute atomic E-state index is 0.968. The van der Waals surface area contributed by atoms with Gasteiger partial charge in [-0.25, -0.2) is 4.98 Å². The summed E-state index contributed by atoms with van der Waals surface area (Å²) in [5.74, 6) is 0. The average Bonchev–Trinajstić information content (AvgIpc) is 2.60. The van der Waals surface area contributed by atoms with Crippen molar-refractivity contribution in [2.24, 2.45) is 0 Å². The first kappa shape index (κ1) is 9.18. The molecule has 4 heteroatoms. The molecular weight excluding hydrogens is 196 g/mol. The Balaban J connectivity index is 2.27. The Hall–Kier alpha value is -1.39. The summed E-state index contributed by atoms with van der Waals surface area (Å²) in [6.45, 7) is 0.